The fourth-order valence-electron chi connectivity index (χ4n) is 2.68. The highest BCUT2D eigenvalue weighted by Crippen LogP contribution is 2.19. The molecule has 1 amide bonds. The van der Waals surface area contributed by atoms with Crippen molar-refractivity contribution in [2.75, 3.05) is 13.2 Å². The molecular formula is C14H23NO5. The summed E-state index contributed by atoms with van der Waals surface area (Å²) >= 11 is 0. The van der Waals surface area contributed by atoms with Crippen molar-refractivity contribution in [2.45, 2.75) is 63.3 Å². The first kappa shape index (κ1) is 15.3. The predicted octanol–water partition coefficient (Wildman–Crippen LogP) is 1.08. The lowest BCUT2D eigenvalue weighted by atomic mass is 10.0. The van der Waals surface area contributed by atoms with Crippen molar-refractivity contribution in [3.8, 4) is 0 Å². The number of carbonyl (C=O) groups excluding carboxylic acids is 1. The van der Waals surface area contributed by atoms with Crippen molar-refractivity contribution >= 4 is 11.9 Å². The van der Waals surface area contributed by atoms with E-state index in [2.05, 4.69) is 5.32 Å². The van der Waals surface area contributed by atoms with Gasteiger partial charge >= 0.3 is 5.97 Å². The molecule has 114 valence electrons. The molecule has 0 aromatic carbocycles. The smallest absolute Gasteiger partial charge is 0.332 e. The zero-order valence-corrected chi connectivity index (χ0v) is 11.7. The first-order chi connectivity index (χ1) is 9.65. The van der Waals surface area contributed by atoms with Crippen LogP contribution in [0.15, 0.2) is 0 Å². The Morgan fingerprint density at radius 2 is 2.00 bits per heavy atom. The Hall–Kier alpha value is -1.14. The SMILES string of the molecule is O=C(CCC1CCCCO1)NCC1CCC(C(=O)O)O1. The molecule has 2 heterocycles. The third-order valence-electron chi connectivity index (χ3n) is 3.88. The lowest BCUT2D eigenvalue weighted by Crippen LogP contribution is -2.33. The van der Waals surface area contributed by atoms with Crippen LogP contribution in [0.2, 0.25) is 0 Å². The van der Waals surface area contributed by atoms with E-state index < -0.39 is 12.1 Å². The van der Waals surface area contributed by atoms with E-state index in [9.17, 15) is 9.59 Å². The van der Waals surface area contributed by atoms with Crippen LogP contribution in [0.3, 0.4) is 0 Å². The summed E-state index contributed by atoms with van der Waals surface area (Å²) in [5.74, 6) is -0.935. The van der Waals surface area contributed by atoms with Crippen LogP contribution >= 0.6 is 0 Å². The number of nitrogens with one attached hydrogen (secondary N) is 1. The van der Waals surface area contributed by atoms with Gasteiger partial charge in [-0.15, -0.1) is 0 Å². The van der Waals surface area contributed by atoms with Crippen molar-refractivity contribution in [3.63, 3.8) is 0 Å². The third-order valence-corrected chi connectivity index (χ3v) is 3.88. The van der Waals surface area contributed by atoms with Crippen molar-refractivity contribution in [1.82, 2.24) is 5.32 Å². The van der Waals surface area contributed by atoms with Gasteiger partial charge in [0.2, 0.25) is 5.91 Å². The van der Waals surface area contributed by atoms with Gasteiger partial charge < -0.3 is 19.9 Å². The largest absolute Gasteiger partial charge is 0.479 e. The zero-order chi connectivity index (χ0) is 14.4. The summed E-state index contributed by atoms with van der Waals surface area (Å²) in [5, 5.41) is 11.6. The highest BCUT2D eigenvalue weighted by Gasteiger charge is 2.30. The number of hydrogen-bond acceptors (Lipinski definition) is 4. The third kappa shape index (κ3) is 4.76. The molecule has 0 aliphatic carbocycles. The quantitative estimate of drug-likeness (QED) is 0.763. The van der Waals surface area contributed by atoms with Gasteiger partial charge in [-0.05, 0) is 38.5 Å². The fourth-order valence-corrected chi connectivity index (χ4v) is 2.68. The molecule has 0 bridgehead atoms. The molecule has 3 unspecified atom stereocenters. The molecule has 0 aromatic heterocycles. The van der Waals surface area contributed by atoms with Gasteiger partial charge in [-0.1, -0.05) is 0 Å². The summed E-state index contributed by atoms with van der Waals surface area (Å²) in [5.41, 5.74) is 0. The monoisotopic (exact) mass is 285 g/mol. The molecule has 0 spiro atoms. The van der Waals surface area contributed by atoms with Crippen molar-refractivity contribution in [2.24, 2.45) is 0 Å². The van der Waals surface area contributed by atoms with Crippen LogP contribution in [0, 0.1) is 0 Å². The van der Waals surface area contributed by atoms with Crippen molar-refractivity contribution in [1.29, 1.82) is 0 Å². The van der Waals surface area contributed by atoms with Crippen LogP contribution in [0.5, 0.6) is 0 Å². The van der Waals surface area contributed by atoms with Crippen LogP contribution in [-0.4, -0.2) is 48.4 Å². The number of carboxylic acid groups (broad SMARTS) is 1. The summed E-state index contributed by atoms with van der Waals surface area (Å²) in [6.07, 6.45) is 5.08. The number of hydrogen-bond donors (Lipinski definition) is 2. The van der Waals surface area contributed by atoms with E-state index in [4.69, 9.17) is 14.6 Å². The van der Waals surface area contributed by atoms with Crippen molar-refractivity contribution < 1.29 is 24.2 Å². The van der Waals surface area contributed by atoms with E-state index in [-0.39, 0.29) is 18.1 Å². The fraction of sp³-hybridized carbons (Fsp3) is 0.857. The first-order valence-corrected chi connectivity index (χ1v) is 7.41. The molecule has 2 aliphatic rings. The minimum absolute atomic E-state index is 0.0125. The number of amides is 1. The minimum Gasteiger partial charge on any atom is -0.479 e. The van der Waals surface area contributed by atoms with Crippen LogP contribution < -0.4 is 5.32 Å². The van der Waals surface area contributed by atoms with E-state index in [0.717, 1.165) is 25.9 Å². The number of aliphatic carboxylic acids is 1. The van der Waals surface area contributed by atoms with Gasteiger partial charge in [-0.2, -0.15) is 0 Å². The summed E-state index contributed by atoms with van der Waals surface area (Å²) in [7, 11) is 0. The second-order valence-electron chi connectivity index (χ2n) is 5.49. The van der Waals surface area contributed by atoms with Crippen LogP contribution in [0.1, 0.15) is 44.9 Å². The average Bonchev–Trinajstić information content (AvgIpc) is 2.93. The van der Waals surface area contributed by atoms with Gasteiger partial charge in [0.15, 0.2) is 6.10 Å². The predicted molar refractivity (Wildman–Crippen MR) is 71.4 cm³/mol. The Morgan fingerprint density at radius 1 is 1.15 bits per heavy atom. The normalized spacial score (nSPS) is 30.1. The van der Waals surface area contributed by atoms with Gasteiger partial charge in [0, 0.05) is 19.6 Å². The molecule has 3 atom stereocenters. The molecule has 6 heteroatoms. The second-order valence-corrected chi connectivity index (χ2v) is 5.49. The van der Waals surface area contributed by atoms with Crippen LogP contribution in [0.4, 0.5) is 0 Å². The highest BCUT2D eigenvalue weighted by molar-refractivity contribution is 5.76. The minimum atomic E-state index is -0.923. The Morgan fingerprint density at radius 3 is 2.65 bits per heavy atom. The van der Waals surface area contributed by atoms with E-state index in [1.807, 2.05) is 0 Å². The van der Waals surface area contributed by atoms with Gasteiger partial charge in [0.1, 0.15) is 0 Å². The van der Waals surface area contributed by atoms with Gasteiger partial charge in [0.05, 0.1) is 12.2 Å². The van der Waals surface area contributed by atoms with Crippen molar-refractivity contribution in [3.05, 3.63) is 0 Å². The molecule has 0 saturated carbocycles. The number of ether oxygens (including phenoxy) is 2. The molecule has 2 rings (SSSR count). The van der Waals surface area contributed by atoms with Crippen LogP contribution in [-0.2, 0) is 19.1 Å². The van der Waals surface area contributed by atoms with Gasteiger partial charge in [-0.25, -0.2) is 4.79 Å². The van der Waals surface area contributed by atoms with Gasteiger partial charge in [-0.3, -0.25) is 4.79 Å². The molecule has 0 radical (unpaired) electrons. The van der Waals surface area contributed by atoms with E-state index in [1.165, 1.54) is 6.42 Å². The van der Waals surface area contributed by atoms with E-state index in [1.54, 1.807) is 0 Å². The standard InChI is InChI=1S/C14H23NO5/c16-13(7-5-10-3-1-2-8-19-10)15-9-11-4-6-12(20-11)14(17)18/h10-12H,1-9H2,(H,15,16)(H,17,18). The molecule has 6 nitrogen and oxygen atoms in total. The highest BCUT2D eigenvalue weighted by atomic mass is 16.5. The number of carbonyl (C=O) groups is 2. The Balaban J connectivity index is 1.57. The molecule has 0 aromatic rings. The Bertz CT molecular complexity index is 340. The summed E-state index contributed by atoms with van der Waals surface area (Å²) in [6.45, 7) is 1.20. The first-order valence-electron chi connectivity index (χ1n) is 7.41. The molecule has 2 N–H and O–H groups in total. The number of carboxylic acids is 1. The van der Waals surface area contributed by atoms with Gasteiger partial charge in [0.25, 0.3) is 0 Å². The zero-order valence-electron chi connectivity index (χ0n) is 11.7. The Labute approximate surface area is 118 Å². The van der Waals surface area contributed by atoms with Crippen LogP contribution in [0.25, 0.3) is 0 Å². The number of rotatable bonds is 6. The maximum atomic E-state index is 11.7. The molecule has 2 aliphatic heterocycles. The topological polar surface area (TPSA) is 84.9 Å². The van der Waals surface area contributed by atoms with E-state index in [0.29, 0.717) is 25.8 Å². The average molecular weight is 285 g/mol. The lowest BCUT2D eigenvalue weighted by Gasteiger charge is -2.22. The summed E-state index contributed by atoms with van der Waals surface area (Å²) in [4.78, 5) is 22.5. The maximum Gasteiger partial charge on any atom is 0.332 e. The summed E-state index contributed by atoms with van der Waals surface area (Å²) in [6, 6.07) is 0. The molecular weight excluding hydrogens is 262 g/mol. The van der Waals surface area contributed by atoms with E-state index >= 15 is 0 Å². The second kappa shape index (κ2) is 7.59. The Kier molecular flexibility index (Phi) is 5.79. The molecule has 2 saturated heterocycles. The molecule has 20 heavy (non-hydrogen) atoms. The maximum absolute atomic E-state index is 11.7. The molecule has 2 fully saturated rings. The lowest BCUT2D eigenvalue weighted by molar-refractivity contribution is -0.149. The summed E-state index contributed by atoms with van der Waals surface area (Å²) < 4.78 is 10.9.